The third-order valence-electron chi connectivity index (χ3n) is 2.98. The van der Waals surface area contributed by atoms with Crippen molar-refractivity contribution in [2.24, 2.45) is 4.99 Å². The highest BCUT2D eigenvalue weighted by molar-refractivity contribution is 6.30. The average Bonchev–Trinajstić information content (AvgIpc) is 2.96. The van der Waals surface area contributed by atoms with Gasteiger partial charge in [-0.2, -0.15) is 9.50 Å². The van der Waals surface area contributed by atoms with Gasteiger partial charge in [0.2, 0.25) is 0 Å². The van der Waals surface area contributed by atoms with Gasteiger partial charge in [0.1, 0.15) is 0 Å². The molecule has 0 spiro atoms. The Hall–Kier alpha value is -2.73. The van der Waals surface area contributed by atoms with Gasteiger partial charge in [0.15, 0.2) is 0 Å². The van der Waals surface area contributed by atoms with Crippen molar-refractivity contribution in [2.75, 3.05) is 14.1 Å². The molecule has 0 atom stereocenters. The largest absolute Gasteiger partial charge is 0.369 e. The highest BCUT2D eigenvalue weighted by atomic mass is 35.5. The van der Waals surface area contributed by atoms with Crippen LogP contribution in [0.5, 0.6) is 0 Å². The molecule has 0 aliphatic rings. The highest BCUT2D eigenvalue weighted by Gasteiger charge is 2.05. The van der Waals surface area contributed by atoms with E-state index in [2.05, 4.69) is 20.1 Å². The molecule has 6 nitrogen and oxygen atoms in total. The minimum Gasteiger partial charge on any atom is -0.369 e. The predicted molar refractivity (Wildman–Crippen MR) is 93.0 cm³/mol. The van der Waals surface area contributed by atoms with E-state index in [4.69, 9.17) is 11.6 Å². The normalized spacial score (nSPS) is 11.8. The number of fused-ring (bicyclic) bond motifs is 1. The van der Waals surface area contributed by atoms with Gasteiger partial charge in [0.25, 0.3) is 11.7 Å². The maximum absolute atomic E-state index is 5.89. The van der Waals surface area contributed by atoms with Crippen molar-refractivity contribution in [3.8, 4) is 0 Å². The zero-order chi connectivity index (χ0) is 16.2. The number of hydrogen-bond donors (Lipinski definition) is 0. The number of nitrogens with zero attached hydrogens (tertiary/aromatic N) is 6. The van der Waals surface area contributed by atoms with Crippen molar-refractivity contribution in [1.82, 2.24) is 24.5 Å². The summed E-state index contributed by atoms with van der Waals surface area (Å²) >= 11 is 5.89. The highest BCUT2D eigenvalue weighted by Crippen LogP contribution is 2.14. The molecule has 0 unspecified atom stereocenters. The van der Waals surface area contributed by atoms with Gasteiger partial charge in [-0.1, -0.05) is 29.8 Å². The Morgan fingerprint density at radius 3 is 2.65 bits per heavy atom. The average molecular weight is 327 g/mol. The van der Waals surface area contributed by atoms with Gasteiger partial charge in [0.05, 0.1) is 12.0 Å². The maximum Gasteiger partial charge on any atom is 0.272 e. The Balaban J connectivity index is 1.92. The van der Waals surface area contributed by atoms with E-state index >= 15 is 0 Å². The number of benzene rings is 1. The number of aliphatic imine (C=N–C) groups is 1. The van der Waals surface area contributed by atoms with Gasteiger partial charge < -0.3 is 4.90 Å². The summed E-state index contributed by atoms with van der Waals surface area (Å²) in [5, 5.41) is 5.07. The van der Waals surface area contributed by atoms with E-state index in [1.165, 1.54) is 0 Å². The van der Waals surface area contributed by atoms with Crippen molar-refractivity contribution in [2.45, 2.75) is 0 Å². The van der Waals surface area contributed by atoms with Gasteiger partial charge in [-0.15, -0.1) is 5.10 Å². The van der Waals surface area contributed by atoms with Gasteiger partial charge in [-0.05, 0) is 29.8 Å². The van der Waals surface area contributed by atoms with E-state index in [9.17, 15) is 0 Å². The Kier molecular flexibility index (Phi) is 4.34. The molecule has 116 valence electrons. The lowest BCUT2D eigenvalue weighted by atomic mass is 10.2. The first kappa shape index (κ1) is 15.2. The van der Waals surface area contributed by atoms with E-state index in [0.717, 1.165) is 11.3 Å². The van der Waals surface area contributed by atoms with Gasteiger partial charge in [-0.3, -0.25) is 0 Å². The molecule has 0 aliphatic carbocycles. The minimum absolute atomic E-state index is 0.374. The molecule has 1 aromatic carbocycles. The first-order valence-electron chi connectivity index (χ1n) is 6.98. The SMILES string of the molecule is CN(C)C=Nc1nc2nccc(/C=C\c3ccc(Cl)cc3)n2n1. The van der Waals surface area contributed by atoms with E-state index in [-0.39, 0.29) is 0 Å². The molecule has 0 bridgehead atoms. The molecule has 0 N–H and O–H groups in total. The fourth-order valence-corrected chi connectivity index (χ4v) is 2.03. The molecular formula is C16H15ClN6. The fourth-order valence-electron chi connectivity index (χ4n) is 1.90. The molecule has 3 rings (SSSR count). The lowest BCUT2D eigenvalue weighted by molar-refractivity contribution is 0.642. The summed E-state index contributed by atoms with van der Waals surface area (Å²) in [6.45, 7) is 0. The monoisotopic (exact) mass is 326 g/mol. The summed E-state index contributed by atoms with van der Waals surface area (Å²) in [5.74, 6) is 0.882. The van der Waals surface area contributed by atoms with Crippen LogP contribution in [0.3, 0.4) is 0 Å². The molecule has 3 aromatic rings. The number of halogens is 1. The molecule has 0 amide bonds. The lowest BCUT2D eigenvalue weighted by Crippen LogP contribution is -2.07. The molecule has 0 saturated heterocycles. The Morgan fingerprint density at radius 2 is 1.91 bits per heavy atom. The smallest absolute Gasteiger partial charge is 0.272 e. The summed E-state index contributed by atoms with van der Waals surface area (Å²) in [4.78, 5) is 14.5. The van der Waals surface area contributed by atoms with Crippen LogP contribution in [0.4, 0.5) is 5.95 Å². The van der Waals surface area contributed by atoms with Gasteiger partial charge in [-0.25, -0.2) is 9.98 Å². The standard InChI is InChI=1S/C16H15ClN6/c1-22(2)11-19-15-20-16-18-10-9-14(23(16)21-15)8-5-12-3-6-13(17)7-4-12/h3-11H,1-2H3/b8-5-,19-11?. The van der Waals surface area contributed by atoms with Crippen molar-refractivity contribution in [3.05, 3.63) is 52.8 Å². The van der Waals surface area contributed by atoms with Crippen LogP contribution in [0.25, 0.3) is 17.9 Å². The minimum atomic E-state index is 0.374. The van der Waals surface area contributed by atoms with Gasteiger partial charge in [0, 0.05) is 25.3 Å². The zero-order valence-electron chi connectivity index (χ0n) is 12.8. The first-order valence-corrected chi connectivity index (χ1v) is 7.36. The predicted octanol–water partition coefficient (Wildman–Crippen LogP) is 3.17. The first-order chi connectivity index (χ1) is 11.1. The van der Waals surface area contributed by atoms with E-state index < -0.39 is 0 Å². The Bertz CT molecular complexity index is 864. The topological polar surface area (TPSA) is 58.7 Å². The molecule has 7 heteroatoms. The summed E-state index contributed by atoms with van der Waals surface area (Å²) in [6.07, 6.45) is 7.28. The Labute approximate surface area is 138 Å². The second kappa shape index (κ2) is 6.58. The second-order valence-electron chi connectivity index (χ2n) is 5.09. The van der Waals surface area contributed by atoms with Crippen LogP contribution in [0.2, 0.25) is 5.02 Å². The Morgan fingerprint density at radius 1 is 1.13 bits per heavy atom. The molecule has 0 saturated carbocycles. The van der Waals surface area contributed by atoms with Crippen LogP contribution in [0.1, 0.15) is 11.3 Å². The van der Waals surface area contributed by atoms with Crippen LogP contribution < -0.4 is 0 Å². The molecule has 0 fully saturated rings. The van der Waals surface area contributed by atoms with Crippen molar-refractivity contribution >= 4 is 41.8 Å². The van der Waals surface area contributed by atoms with E-state index in [0.29, 0.717) is 16.7 Å². The van der Waals surface area contributed by atoms with Crippen LogP contribution in [-0.4, -0.2) is 44.9 Å². The molecule has 23 heavy (non-hydrogen) atoms. The van der Waals surface area contributed by atoms with Crippen LogP contribution >= 0.6 is 11.6 Å². The van der Waals surface area contributed by atoms with Crippen molar-refractivity contribution < 1.29 is 0 Å². The molecule has 0 aliphatic heterocycles. The van der Waals surface area contributed by atoms with Crippen molar-refractivity contribution in [3.63, 3.8) is 0 Å². The third-order valence-corrected chi connectivity index (χ3v) is 3.23. The van der Waals surface area contributed by atoms with Gasteiger partial charge >= 0.3 is 0 Å². The van der Waals surface area contributed by atoms with Crippen LogP contribution in [-0.2, 0) is 0 Å². The quantitative estimate of drug-likeness (QED) is 0.546. The summed E-state index contributed by atoms with van der Waals surface area (Å²) in [5.41, 5.74) is 1.91. The van der Waals surface area contributed by atoms with E-state index in [1.54, 1.807) is 17.1 Å². The summed E-state index contributed by atoms with van der Waals surface area (Å²) in [7, 11) is 3.77. The second-order valence-corrected chi connectivity index (χ2v) is 5.52. The fraction of sp³-hybridized carbons (Fsp3) is 0.125. The third kappa shape index (κ3) is 3.73. The van der Waals surface area contributed by atoms with E-state index in [1.807, 2.05) is 61.5 Å². The maximum atomic E-state index is 5.89. The summed E-state index contributed by atoms with van der Waals surface area (Å²) < 4.78 is 1.66. The lowest BCUT2D eigenvalue weighted by Gasteiger charge is -1.99. The van der Waals surface area contributed by atoms with Crippen LogP contribution in [0.15, 0.2) is 41.5 Å². The summed E-state index contributed by atoms with van der Waals surface area (Å²) in [6, 6.07) is 9.48. The van der Waals surface area contributed by atoms with Crippen molar-refractivity contribution in [1.29, 1.82) is 0 Å². The van der Waals surface area contributed by atoms with Crippen LogP contribution in [0, 0.1) is 0 Å². The molecular weight excluding hydrogens is 312 g/mol. The zero-order valence-corrected chi connectivity index (χ0v) is 13.5. The molecule has 2 heterocycles. The molecule has 0 radical (unpaired) electrons. The number of hydrogen-bond acceptors (Lipinski definition) is 4. The number of aromatic nitrogens is 4. The molecule has 2 aromatic heterocycles. The number of rotatable bonds is 4.